The summed E-state index contributed by atoms with van der Waals surface area (Å²) in [5.74, 6) is 3.97. The first-order valence-electron chi connectivity index (χ1n) is 6.31. The first kappa shape index (κ1) is 17.4. The Bertz CT molecular complexity index is 446. The maximum Gasteiger partial charge on any atom is 0.324 e. The minimum absolute atomic E-state index is 0. The lowest BCUT2D eigenvalue weighted by Gasteiger charge is -2.11. The Morgan fingerprint density at radius 1 is 1.20 bits per heavy atom. The molecule has 20 heavy (non-hydrogen) atoms. The molecule has 0 bridgehead atoms. The Morgan fingerprint density at radius 2 is 1.95 bits per heavy atom. The van der Waals surface area contributed by atoms with Gasteiger partial charge in [0.15, 0.2) is 13.1 Å². The van der Waals surface area contributed by atoms with Gasteiger partial charge in [0.2, 0.25) is 0 Å². The van der Waals surface area contributed by atoms with Crippen LogP contribution in [0.1, 0.15) is 5.56 Å². The number of nitrogens with zero attached hydrogens (tertiary/aromatic N) is 1. The van der Waals surface area contributed by atoms with Crippen molar-refractivity contribution >= 4 is 18.2 Å². The standard InChI is InChI=1S/C14H20NO3S.HI/c1-16-13-3-4-14(17-2)12(9-13)10-18-11-15-5-7-19-8-6-15;/h3-4,9,11H,5-8,10H2,1-2H3;1H/q+1;/p-1. The molecule has 112 valence electrons. The van der Waals surface area contributed by atoms with E-state index in [4.69, 9.17) is 14.2 Å². The van der Waals surface area contributed by atoms with Crippen molar-refractivity contribution in [3.63, 3.8) is 0 Å². The van der Waals surface area contributed by atoms with Crippen LogP contribution in [0, 0.1) is 0 Å². The second-order valence-electron chi connectivity index (χ2n) is 4.24. The molecule has 0 unspecified atom stereocenters. The number of methoxy groups -OCH3 is 2. The van der Waals surface area contributed by atoms with Crippen LogP contribution in [-0.4, -0.2) is 49.8 Å². The molecule has 1 aromatic carbocycles. The van der Waals surface area contributed by atoms with Crippen molar-refractivity contribution in [1.82, 2.24) is 0 Å². The first-order valence-corrected chi connectivity index (χ1v) is 7.46. The zero-order valence-electron chi connectivity index (χ0n) is 11.8. The predicted molar refractivity (Wildman–Crippen MR) is 77.7 cm³/mol. The Kier molecular flexibility index (Phi) is 8.13. The third-order valence-corrected chi connectivity index (χ3v) is 3.94. The highest BCUT2D eigenvalue weighted by Gasteiger charge is 2.11. The monoisotopic (exact) mass is 409 g/mol. The number of rotatable bonds is 5. The molecule has 6 heteroatoms. The third-order valence-electron chi connectivity index (χ3n) is 3.00. The van der Waals surface area contributed by atoms with Crippen molar-refractivity contribution in [2.24, 2.45) is 0 Å². The van der Waals surface area contributed by atoms with Crippen LogP contribution in [0.5, 0.6) is 11.5 Å². The number of ether oxygens (including phenoxy) is 3. The number of hydrogen-bond acceptors (Lipinski definition) is 4. The van der Waals surface area contributed by atoms with Gasteiger partial charge in [-0.05, 0) is 18.2 Å². The van der Waals surface area contributed by atoms with E-state index >= 15 is 0 Å². The van der Waals surface area contributed by atoms with Gasteiger partial charge in [0.25, 0.3) is 0 Å². The van der Waals surface area contributed by atoms with Crippen LogP contribution in [0.3, 0.4) is 0 Å². The van der Waals surface area contributed by atoms with Crippen LogP contribution in [0.2, 0.25) is 0 Å². The highest BCUT2D eigenvalue weighted by Crippen LogP contribution is 2.24. The second kappa shape index (κ2) is 9.33. The van der Waals surface area contributed by atoms with Gasteiger partial charge in [-0.3, -0.25) is 0 Å². The normalized spacial score (nSPS) is 14.2. The van der Waals surface area contributed by atoms with E-state index in [0.717, 1.165) is 30.2 Å². The smallest absolute Gasteiger partial charge is 0.324 e. The van der Waals surface area contributed by atoms with Gasteiger partial charge in [0.1, 0.15) is 18.1 Å². The van der Waals surface area contributed by atoms with E-state index in [1.807, 2.05) is 36.4 Å². The maximum atomic E-state index is 5.66. The lowest BCUT2D eigenvalue weighted by atomic mass is 10.2. The molecule has 0 radical (unpaired) electrons. The Morgan fingerprint density at radius 3 is 2.60 bits per heavy atom. The van der Waals surface area contributed by atoms with E-state index in [1.54, 1.807) is 14.2 Å². The van der Waals surface area contributed by atoms with Crippen molar-refractivity contribution in [3.8, 4) is 11.5 Å². The SMILES string of the molecule is COc1ccc(OC)c(COC=[N+]2CCSCC2)c1.[I-]. The molecule has 1 aliphatic heterocycles. The Balaban J connectivity index is 0.00000200. The fourth-order valence-electron chi connectivity index (χ4n) is 1.91. The van der Waals surface area contributed by atoms with Gasteiger partial charge in [-0.1, -0.05) is 0 Å². The summed E-state index contributed by atoms with van der Waals surface area (Å²) < 4.78 is 18.4. The van der Waals surface area contributed by atoms with E-state index in [-0.39, 0.29) is 24.0 Å². The van der Waals surface area contributed by atoms with Crippen LogP contribution >= 0.6 is 11.8 Å². The van der Waals surface area contributed by atoms with Crippen LogP contribution < -0.4 is 33.5 Å². The maximum absolute atomic E-state index is 5.66. The lowest BCUT2D eigenvalue weighted by molar-refractivity contribution is -0.523. The van der Waals surface area contributed by atoms with Crippen molar-refractivity contribution in [1.29, 1.82) is 0 Å². The van der Waals surface area contributed by atoms with Gasteiger partial charge >= 0.3 is 6.40 Å². The summed E-state index contributed by atoms with van der Waals surface area (Å²) in [6.07, 6.45) is 1.83. The van der Waals surface area contributed by atoms with Crippen LogP contribution in [-0.2, 0) is 11.3 Å². The minimum Gasteiger partial charge on any atom is -1.00 e. The molecular formula is C14H20INO3S. The molecule has 2 rings (SSSR count). The van der Waals surface area contributed by atoms with Gasteiger partial charge in [-0.2, -0.15) is 0 Å². The van der Waals surface area contributed by atoms with Gasteiger partial charge in [-0.15, -0.1) is 11.8 Å². The average Bonchev–Trinajstić information content (AvgIpc) is 2.48. The van der Waals surface area contributed by atoms with Crippen LogP contribution in [0.4, 0.5) is 0 Å². The minimum atomic E-state index is 0. The quantitative estimate of drug-likeness (QED) is 0.355. The van der Waals surface area contributed by atoms with Crippen molar-refractivity contribution in [2.75, 3.05) is 38.8 Å². The van der Waals surface area contributed by atoms with Gasteiger partial charge < -0.3 is 38.2 Å². The number of hydrogen-bond donors (Lipinski definition) is 0. The topological polar surface area (TPSA) is 30.7 Å². The molecular weight excluding hydrogens is 389 g/mol. The van der Waals surface area contributed by atoms with Gasteiger partial charge in [0.05, 0.1) is 25.7 Å². The predicted octanol–water partition coefficient (Wildman–Crippen LogP) is -0.988. The van der Waals surface area contributed by atoms with E-state index in [2.05, 4.69) is 4.58 Å². The molecule has 0 aromatic heterocycles. The highest BCUT2D eigenvalue weighted by atomic mass is 127. The molecule has 0 spiro atoms. The van der Waals surface area contributed by atoms with Gasteiger partial charge in [-0.25, -0.2) is 4.58 Å². The number of benzene rings is 1. The molecule has 0 amide bonds. The van der Waals surface area contributed by atoms with Crippen molar-refractivity contribution < 1.29 is 42.8 Å². The van der Waals surface area contributed by atoms with E-state index in [9.17, 15) is 0 Å². The lowest BCUT2D eigenvalue weighted by Crippen LogP contribution is -3.00. The van der Waals surface area contributed by atoms with Crippen molar-refractivity contribution in [2.45, 2.75) is 6.61 Å². The number of thioether (sulfide) groups is 1. The summed E-state index contributed by atoms with van der Waals surface area (Å²) in [7, 11) is 3.32. The summed E-state index contributed by atoms with van der Waals surface area (Å²) in [4.78, 5) is 0. The second-order valence-corrected chi connectivity index (χ2v) is 5.47. The van der Waals surface area contributed by atoms with Gasteiger partial charge in [0, 0.05) is 5.56 Å². The Labute approximate surface area is 141 Å². The molecule has 1 aliphatic rings. The average molecular weight is 409 g/mol. The van der Waals surface area contributed by atoms with E-state index in [1.165, 1.54) is 11.5 Å². The highest BCUT2D eigenvalue weighted by molar-refractivity contribution is 7.99. The molecule has 1 aromatic rings. The van der Waals surface area contributed by atoms with E-state index in [0.29, 0.717) is 6.61 Å². The van der Waals surface area contributed by atoms with E-state index < -0.39 is 0 Å². The molecule has 0 atom stereocenters. The molecule has 0 N–H and O–H groups in total. The molecule has 1 heterocycles. The van der Waals surface area contributed by atoms with Crippen LogP contribution in [0.25, 0.3) is 0 Å². The summed E-state index contributed by atoms with van der Waals surface area (Å²) in [6.45, 7) is 2.60. The zero-order valence-corrected chi connectivity index (χ0v) is 14.8. The fourth-order valence-corrected chi connectivity index (χ4v) is 2.84. The summed E-state index contributed by atoms with van der Waals surface area (Å²) in [5, 5.41) is 0. The third kappa shape index (κ3) is 5.05. The molecule has 1 saturated heterocycles. The molecule has 0 aliphatic carbocycles. The largest absolute Gasteiger partial charge is 1.00 e. The Hall–Kier alpha value is -0.630. The fraction of sp³-hybridized carbons (Fsp3) is 0.500. The molecule has 4 nitrogen and oxygen atoms in total. The molecule has 0 saturated carbocycles. The summed E-state index contributed by atoms with van der Waals surface area (Å²) in [6, 6.07) is 5.72. The summed E-state index contributed by atoms with van der Waals surface area (Å²) >= 11 is 1.99. The van der Waals surface area contributed by atoms with Crippen molar-refractivity contribution in [3.05, 3.63) is 23.8 Å². The summed E-state index contributed by atoms with van der Waals surface area (Å²) in [5.41, 5.74) is 0.990. The zero-order chi connectivity index (χ0) is 13.5. The first-order chi connectivity index (χ1) is 9.33. The molecule has 1 fully saturated rings. The number of halogens is 1. The van der Waals surface area contributed by atoms with Crippen LogP contribution in [0.15, 0.2) is 18.2 Å².